The van der Waals surface area contributed by atoms with Crippen LogP contribution in [-0.4, -0.2) is 63.4 Å². The molecular formula is C26H38FN5O3S. The van der Waals surface area contributed by atoms with Gasteiger partial charge in [0.25, 0.3) is 0 Å². The van der Waals surface area contributed by atoms with Crippen LogP contribution in [0.25, 0.3) is 0 Å². The standard InChI is InChI=1S/C19H30FN5O3S.C7H8/c1-3-8-24-9-10-25(29(24)28)13-18(26)22-12-16(21)11-14(2)19(27)23-17-6-4-15(20)5-7-17;1-7-5-3-2-4-6-7/h4-7,14,16H,3,8-13,21H2,1-2H3,(H,22,26)(H,23,27);2-6H,1H3. The molecule has 0 saturated carbocycles. The van der Waals surface area contributed by atoms with Gasteiger partial charge in [0.15, 0.2) is 11.2 Å². The summed E-state index contributed by atoms with van der Waals surface area (Å²) in [5.41, 5.74) is 7.88. The van der Waals surface area contributed by atoms with Crippen LogP contribution in [0.1, 0.15) is 32.3 Å². The van der Waals surface area contributed by atoms with E-state index in [0.29, 0.717) is 25.2 Å². The second-order valence-corrected chi connectivity index (χ2v) is 10.4. The molecule has 8 nitrogen and oxygen atoms in total. The number of hydrogen-bond donors (Lipinski definition) is 3. The van der Waals surface area contributed by atoms with Gasteiger partial charge in [-0.05, 0) is 44.0 Å². The van der Waals surface area contributed by atoms with E-state index in [1.54, 1.807) is 11.2 Å². The summed E-state index contributed by atoms with van der Waals surface area (Å²) in [5.74, 6) is -1.21. The summed E-state index contributed by atoms with van der Waals surface area (Å²) in [6, 6.07) is 15.4. The second kappa shape index (κ2) is 15.5. The van der Waals surface area contributed by atoms with Crippen molar-refractivity contribution < 1.29 is 18.2 Å². The van der Waals surface area contributed by atoms with E-state index < -0.39 is 17.2 Å². The third kappa shape index (κ3) is 10.5. The van der Waals surface area contributed by atoms with Crippen molar-refractivity contribution in [1.82, 2.24) is 13.9 Å². The number of nitrogens with zero attached hydrogens (tertiary/aromatic N) is 2. The lowest BCUT2D eigenvalue weighted by atomic mass is 10.0. The van der Waals surface area contributed by atoms with Crippen molar-refractivity contribution in [2.45, 2.75) is 39.7 Å². The van der Waals surface area contributed by atoms with E-state index in [2.05, 4.69) is 29.7 Å². The molecule has 0 aromatic heterocycles. The first-order chi connectivity index (χ1) is 17.2. The number of anilines is 1. The second-order valence-electron chi connectivity index (χ2n) is 8.88. The van der Waals surface area contributed by atoms with E-state index >= 15 is 0 Å². The van der Waals surface area contributed by atoms with E-state index in [0.717, 1.165) is 13.0 Å². The summed E-state index contributed by atoms with van der Waals surface area (Å²) < 4.78 is 28.7. The minimum absolute atomic E-state index is 0.0557. The molecule has 0 radical (unpaired) electrons. The highest BCUT2D eigenvalue weighted by Gasteiger charge is 2.29. The highest BCUT2D eigenvalue weighted by Crippen LogP contribution is 2.13. The number of benzene rings is 2. The smallest absolute Gasteiger partial charge is 0.235 e. The highest BCUT2D eigenvalue weighted by atomic mass is 32.2. The Morgan fingerprint density at radius 2 is 1.72 bits per heavy atom. The van der Waals surface area contributed by atoms with Crippen LogP contribution in [0.4, 0.5) is 10.1 Å². The Morgan fingerprint density at radius 1 is 1.08 bits per heavy atom. The number of nitrogens with two attached hydrogens (primary N) is 1. The molecule has 4 N–H and O–H groups in total. The number of nitrogens with one attached hydrogen (secondary N) is 2. The van der Waals surface area contributed by atoms with Gasteiger partial charge in [-0.25, -0.2) is 17.2 Å². The summed E-state index contributed by atoms with van der Waals surface area (Å²) in [4.78, 5) is 24.4. The van der Waals surface area contributed by atoms with Crippen LogP contribution in [0, 0.1) is 18.7 Å². The van der Waals surface area contributed by atoms with Crippen molar-refractivity contribution in [2.75, 3.05) is 38.0 Å². The topological polar surface area (TPSA) is 108 Å². The Bertz CT molecular complexity index is 977. The molecule has 2 aromatic rings. The van der Waals surface area contributed by atoms with Gasteiger partial charge in [-0.2, -0.15) is 0 Å². The molecule has 1 saturated heterocycles. The normalized spacial score (nSPS) is 17.5. The zero-order valence-electron chi connectivity index (χ0n) is 21.3. The van der Waals surface area contributed by atoms with Crippen LogP contribution in [-0.2, 0) is 20.8 Å². The SMILES string of the molecule is CCCN1CCN(CC(=O)NCC(N)CC(C)C(=O)Nc2ccc(F)cc2)S1=O.Cc1ccccc1. The number of halogens is 1. The number of amides is 2. The molecule has 3 rings (SSSR count). The Morgan fingerprint density at radius 3 is 2.31 bits per heavy atom. The number of carbonyl (C=O) groups is 2. The lowest BCUT2D eigenvalue weighted by Gasteiger charge is -2.19. The van der Waals surface area contributed by atoms with E-state index in [1.807, 2.05) is 29.4 Å². The molecule has 36 heavy (non-hydrogen) atoms. The summed E-state index contributed by atoms with van der Waals surface area (Å²) in [6.07, 6.45) is 1.29. The number of carbonyl (C=O) groups excluding carboxylic acids is 2. The molecule has 2 amide bonds. The van der Waals surface area contributed by atoms with E-state index in [1.165, 1.54) is 29.8 Å². The quantitative estimate of drug-likeness (QED) is 0.449. The average molecular weight is 520 g/mol. The van der Waals surface area contributed by atoms with Gasteiger partial charge in [-0.15, -0.1) is 0 Å². The van der Waals surface area contributed by atoms with Crippen molar-refractivity contribution in [3.63, 3.8) is 0 Å². The fourth-order valence-electron chi connectivity index (χ4n) is 3.55. The Balaban J connectivity index is 0.000000558. The molecule has 0 bridgehead atoms. The molecule has 0 aliphatic carbocycles. The Labute approximate surface area is 216 Å². The number of aryl methyl sites for hydroxylation is 1. The van der Waals surface area contributed by atoms with Gasteiger partial charge in [0.2, 0.25) is 11.8 Å². The number of rotatable bonds is 10. The van der Waals surface area contributed by atoms with Crippen LogP contribution in [0.15, 0.2) is 54.6 Å². The average Bonchev–Trinajstić information content (AvgIpc) is 3.19. The van der Waals surface area contributed by atoms with E-state index in [9.17, 15) is 18.2 Å². The van der Waals surface area contributed by atoms with Crippen molar-refractivity contribution >= 4 is 28.7 Å². The van der Waals surface area contributed by atoms with Gasteiger partial charge >= 0.3 is 0 Å². The van der Waals surface area contributed by atoms with Gasteiger partial charge < -0.3 is 16.4 Å². The Hall–Kier alpha value is -2.66. The van der Waals surface area contributed by atoms with E-state index in [-0.39, 0.29) is 36.6 Å². The third-order valence-electron chi connectivity index (χ3n) is 5.55. The van der Waals surface area contributed by atoms with Crippen LogP contribution < -0.4 is 16.4 Å². The summed E-state index contributed by atoms with van der Waals surface area (Å²) >= 11 is -1.27. The zero-order chi connectivity index (χ0) is 26.5. The minimum Gasteiger partial charge on any atom is -0.353 e. The highest BCUT2D eigenvalue weighted by molar-refractivity contribution is 7.80. The summed E-state index contributed by atoms with van der Waals surface area (Å²) in [6.45, 7) is 8.16. The summed E-state index contributed by atoms with van der Waals surface area (Å²) in [7, 11) is 0. The third-order valence-corrected chi connectivity index (χ3v) is 7.11. The van der Waals surface area contributed by atoms with Crippen LogP contribution >= 0.6 is 0 Å². The maximum absolute atomic E-state index is 12.9. The zero-order valence-corrected chi connectivity index (χ0v) is 22.1. The fraction of sp³-hybridized carbons (Fsp3) is 0.462. The monoisotopic (exact) mass is 519 g/mol. The predicted octanol–water partition coefficient (Wildman–Crippen LogP) is 2.84. The molecule has 1 heterocycles. The maximum Gasteiger partial charge on any atom is 0.235 e. The molecule has 3 atom stereocenters. The van der Waals surface area contributed by atoms with Crippen LogP contribution in [0.2, 0.25) is 0 Å². The van der Waals surface area contributed by atoms with Crippen LogP contribution in [0.3, 0.4) is 0 Å². The molecule has 1 fully saturated rings. The molecule has 0 spiro atoms. The van der Waals surface area contributed by atoms with Gasteiger partial charge in [0.1, 0.15) is 5.82 Å². The molecule has 3 unspecified atom stereocenters. The Kier molecular flexibility index (Phi) is 12.7. The van der Waals surface area contributed by atoms with Gasteiger partial charge in [-0.3, -0.25) is 9.59 Å². The molecule has 2 aromatic carbocycles. The van der Waals surface area contributed by atoms with E-state index in [4.69, 9.17) is 5.73 Å². The molecule has 198 valence electrons. The first kappa shape index (κ1) is 29.6. The molecule has 1 aliphatic rings. The largest absolute Gasteiger partial charge is 0.353 e. The van der Waals surface area contributed by atoms with Crippen LogP contribution in [0.5, 0.6) is 0 Å². The first-order valence-electron chi connectivity index (χ1n) is 12.2. The minimum atomic E-state index is -1.27. The van der Waals surface area contributed by atoms with Crippen molar-refractivity contribution in [2.24, 2.45) is 11.7 Å². The van der Waals surface area contributed by atoms with Gasteiger partial charge in [-0.1, -0.05) is 49.7 Å². The van der Waals surface area contributed by atoms with Crippen molar-refractivity contribution in [3.8, 4) is 0 Å². The molecular weight excluding hydrogens is 481 g/mol. The maximum atomic E-state index is 12.9. The van der Waals surface area contributed by atoms with Gasteiger partial charge in [0, 0.05) is 43.8 Å². The summed E-state index contributed by atoms with van der Waals surface area (Å²) in [5, 5.41) is 5.46. The predicted molar refractivity (Wildman–Crippen MR) is 143 cm³/mol. The number of hydrogen-bond acceptors (Lipinski definition) is 4. The van der Waals surface area contributed by atoms with Crippen molar-refractivity contribution in [3.05, 3.63) is 66.0 Å². The molecule has 10 heteroatoms. The lowest BCUT2D eigenvalue weighted by Crippen LogP contribution is -2.43. The lowest BCUT2D eigenvalue weighted by molar-refractivity contribution is -0.121. The fourth-order valence-corrected chi connectivity index (χ4v) is 4.92. The molecule has 1 aliphatic heterocycles. The van der Waals surface area contributed by atoms with Gasteiger partial charge in [0.05, 0.1) is 6.54 Å². The van der Waals surface area contributed by atoms with Crippen molar-refractivity contribution in [1.29, 1.82) is 0 Å². The first-order valence-corrected chi connectivity index (χ1v) is 13.3.